The number of hydrogen-bond donors (Lipinski definition) is 0. The number of halogens is 1. The summed E-state index contributed by atoms with van der Waals surface area (Å²) >= 11 is 0. The first-order valence-electron chi connectivity index (χ1n) is 5.95. The summed E-state index contributed by atoms with van der Waals surface area (Å²) in [5.41, 5.74) is -0.00383. The number of methoxy groups -OCH3 is 1. The molecule has 0 spiro atoms. The SMILES string of the molecule is COC(=O)C(=O)CC(=O)c1ccc(OC(C)C)c(F)c1. The van der Waals surface area contributed by atoms with Crippen molar-refractivity contribution in [1.82, 2.24) is 0 Å². The van der Waals surface area contributed by atoms with Crippen molar-refractivity contribution in [3.05, 3.63) is 29.6 Å². The van der Waals surface area contributed by atoms with Gasteiger partial charge in [0.1, 0.15) is 0 Å². The Morgan fingerprint density at radius 2 is 1.90 bits per heavy atom. The number of hydrogen-bond acceptors (Lipinski definition) is 5. The zero-order valence-corrected chi connectivity index (χ0v) is 11.4. The van der Waals surface area contributed by atoms with Crippen molar-refractivity contribution in [1.29, 1.82) is 0 Å². The maximum Gasteiger partial charge on any atom is 0.374 e. The molecule has 0 unspecified atom stereocenters. The molecule has 0 N–H and O–H groups in total. The summed E-state index contributed by atoms with van der Waals surface area (Å²) in [4.78, 5) is 33.9. The monoisotopic (exact) mass is 282 g/mol. The number of ether oxygens (including phenoxy) is 2. The highest BCUT2D eigenvalue weighted by Gasteiger charge is 2.20. The maximum atomic E-state index is 13.7. The maximum absolute atomic E-state index is 13.7. The Labute approximate surface area is 115 Å². The number of ketones is 2. The van der Waals surface area contributed by atoms with E-state index in [4.69, 9.17) is 4.74 Å². The van der Waals surface area contributed by atoms with E-state index in [1.807, 2.05) is 0 Å². The Morgan fingerprint density at radius 1 is 1.25 bits per heavy atom. The van der Waals surface area contributed by atoms with Gasteiger partial charge in [0.15, 0.2) is 17.3 Å². The number of carbonyl (C=O) groups excluding carboxylic acids is 3. The van der Waals surface area contributed by atoms with Gasteiger partial charge >= 0.3 is 5.97 Å². The van der Waals surface area contributed by atoms with Crippen LogP contribution in [0.2, 0.25) is 0 Å². The molecule has 0 aliphatic heterocycles. The van der Waals surface area contributed by atoms with E-state index in [1.54, 1.807) is 13.8 Å². The predicted octanol–water partition coefficient (Wildman–Crippen LogP) is 1.93. The number of Topliss-reactive ketones (excluding diaryl/α,β-unsaturated/α-hetero) is 2. The average Bonchev–Trinajstić information content (AvgIpc) is 2.39. The van der Waals surface area contributed by atoms with Crippen LogP contribution in [0.1, 0.15) is 30.6 Å². The van der Waals surface area contributed by atoms with E-state index in [0.717, 1.165) is 13.2 Å². The Balaban J connectivity index is 2.82. The summed E-state index contributed by atoms with van der Waals surface area (Å²) in [7, 11) is 1.04. The van der Waals surface area contributed by atoms with Gasteiger partial charge < -0.3 is 9.47 Å². The van der Waals surface area contributed by atoms with Crippen LogP contribution in [-0.4, -0.2) is 30.7 Å². The molecule has 0 aromatic heterocycles. The summed E-state index contributed by atoms with van der Waals surface area (Å²) < 4.78 is 23.1. The quantitative estimate of drug-likeness (QED) is 0.345. The zero-order chi connectivity index (χ0) is 15.3. The third-order valence-corrected chi connectivity index (χ3v) is 2.35. The van der Waals surface area contributed by atoms with E-state index in [0.29, 0.717) is 0 Å². The third-order valence-electron chi connectivity index (χ3n) is 2.35. The van der Waals surface area contributed by atoms with Crippen molar-refractivity contribution < 1.29 is 28.2 Å². The van der Waals surface area contributed by atoms with Gasteiger partial charge in [-0.25, -0.2) is 9.18 Å². The molecule has 0 saturated heterocycles. The first kappa shape index (κ1) is 15.8. The second-order valence-corrected chi connectivity index (χ2v) is 4.33. The largest absolute Gasteiger partial charge is 0.488 e. The van der Waals surface area contributed by atoms with Gasteiger partial charge in [0.05, 0.1) is 19.6 Å². The molecule has 0 amide bonds. The summed E-state index contributed by atoms with van der Waals surface area (Å²) in [6, 6.07) is 3.63. The summed E-state index contributed by atoms with van der Waals surface area (Å²) in [6.45, 7) is 3.49. The number of benzene rings is 1. The highest BCUT2D eigenvalue weighted by molar-refractivity contribution is 6.38. The molecule has 108 valence electrons. The molecule has 1 aromatic carbocycles. The molecule has 1 rings (SSSR count). The lowest BCUT2D eigenvalue weighted by Crippen LogP contribution is -2.19. The highest BCUT2D eigenvalue weighted by atomic mass is 19.1. The Hall–Kier alpha value is -2.24. The van der Waals surface area contributed by atoms with Gasteiger partial charge in [-0.2, -0.15) is 0 Å². The number of carbonyl (C=O) groups is 3. The second-order valence-electron chi connectivity index (χ2n) is 4.33. The summed E-state index contributed by atoms with van der Waals surface area (Å²) in [5, 5.41) is 0. The smallest absolute Gasteiger partial charge is 0.374 e. The van der Waals surface area contributed by atoms with Gasteiger partial charge in [0.2, 0.25) is 5.78 Å². The van der Waals surface area contributed by atoms with Crippen molar-refractivity contribution in [2.24, 2.45) is 0 Å². The summed E-state index contributed by atoms with van der Waals surface area (Å²) in [5.74, 6) is -3.40. The first-order chi connectivity index (χ1) is 9.35. The lowest BCUT2D eigenvalue weighted by molar-refractivity contribution is -0.151. The van der Waals surface area contributed by atoms with Gasteiger partial charge in [-0.3, -0.25) is 9.59 Å². The van der Waals surface area contributed by atoms with Crippen LogP contribution in [0.25, 0.3) is 0 Å². The van der Waals surface area contributed by atoms with Gasteiger partial charge in [0.25, 0.3) is 0 Å². The van der Waals surface area contributed by atoms with Gasteiger partial charge in [0, 0.05) is 5.56 Å². The van der Waals surface area contributed by atoms with Crippen LogP contribution < -0.4 is 4.74 Å². The number of esters is 1. The van der Waals surface area contributed by atoms with Crippen LogP contribution in [-0.2, 0) is 14.3 Å². The molecule has 0 fully saturated rings. The molecule has 20 heavy (non-hydrogen) atoms. The molecular weight excluding hydrogens is 267 g/mol. The van der Waals surface area contributed by atoms with Crippen molar-refractivity contribution in [2.45, 2.75) is 26.4 Å². The molecule has 0 radical (unpaired) electrons. The van der Waals surface area contributed by atoms with Crippen LogP contribution in [0.5, 0.6) is 5.75 Å². The standard InChI is InChI=1S/C14H15FO5/c1-8(2)20-13-5-4-9(6-10(13)15)11(16)7-12(17)14(18)19-3/h4-6,8H,7H2,1-3H3. The minimum atomic E-state index is -1.10. The van der Waals surface area contributed by atoms with Crippen LogP contribution >= 0.6 is 0 Å². The van der Waals surface area contributed by atoms with E-state index < -0.39 is 29.8 Å². The molecule has 0 bridgehead atoms. The second kappa shape index (κ2) is 6.79. The molecule has 1 aromatic rings. The van der Waals surface area contributed by atoms with E-state index in [1.165, 1.54) is 12.1 Å². The lowest BCUT2D eigenvalue weighted by atomic mass is 10.1. The predicted molar refractivity (Wildman–Crippen MR) is 68.1 cm³/mol. The fourth-order valence-corrected chi connectivity index (χ4v) is 1.46. The van der Waals surface area contributed by atoms with Crippen molar-refractivity contribution >= 4 is 17.5 Å². The minimum absolute atomic E-state index is 0.00383. The highest BCUT2D eigenvalue weighted by Crippen LogP contribution is 2.20. The van der Waals surface area contributed by atoms with E-state index in [2.05, 4.69) is 4.74 Å². The molecule has 0 saturated carbocycles. The van der Waals surface area contributed by atoms with Gasteiger partial charge in [-0.1, -0.05) is 0 Å². The average molecular weight is 282 g/mol. The fourth-order valence-electron chi connectivity index (χ4n) is 1.46. The molecule has 0 atom stereocenters. The Kier molecular flexibility index (Phi) is 5.37. The zero-order valence-electron chi connectivity index (χ0n) is 11.4. The van der Waals surface area contributed by atoms with Crippen LogP contribution in [0, 0.1) is 5.82 Å². The van der Waals surface area contributed by atoms with Crippen molar-refractivity contribution in [3.8, 4) is 5.75 Å². The minimum Gasteiger partial charge on any atom is -0.488 e. The van der Waals surface area contributed by atoms with Crippen LogP contribution in [0.3, 0.4) is 0 Å². The normalized spacial score (nSPS) is 10.2. The van der Waals surface area contributed by atoms with Gasteiger partial charge in [-0.15, -0.1) is 0 Å². The van der Waals surface area contributed by atoms with Crippen molar-refractivity contribution in [2.75, 3.05) is 7.11 Å². The molecule has 5 nitrogen and oxygen atoms in total. The molecular formula is C14H15FO5. The molecule has 0 heterocycles. The molecule has 6 heteroatoms. The van der Waals surface area contributed by atoms with Crippen LogP contribution in [0.4, 0.5) is 4.39 Å². The number of rotatable bonds is 6. The lowest BCUT2D eigenvalue weighted by Gasteiger charge is -2.11. The third kappa shape index (κ3) is 4.15. The van der Waals surface area contributed by atoms with Crippen LogP contribution in [0.15, 0.2) is 18.2 Å². The Bertz CT molecular complexity index is 536. The van der Waals surface area contributed by atoms with E-state index in [9.17, 15) is 18.8 Å². The first-order valence-corrected chi connectivity index (χ1v) is 5.95. The molecule has 0 aliphatic rings. The van der Waals surface area contributed by atoms with E-state index in [-0.39, 0.29) is 17.4 Å². The Morgan fingerprint density at radius 3 is 2.40 bits per heavy atom. The van der Waals surface area contributed by atoms with E-state index >= 15 is 0 Å². The van der Waals surface area contributed by atoms with Gasteiger partial charge in [-0.05, 0) is 32.0 Å². The fraction of sp³-hybridized carbons (Fsp3) is 0.357. The summed E-state index contributed by atoms with van der Waals surface area (Å²) in [6.07, 6.45) is -0.858. The topological polar surface area (TPSA) is 69.7 Å². The van der Waals surface area contributed by atoms with Crippen molar-refractivity contribution in [3.63, 3.8) is 0 Å². The molecule has 0 aliphatic carbocycles.